The van der Waals surface area contributed by atoms with E-state index in [4.69, 9.17) is 4.52 Å². The van der Waals surface area contributed by atoms with Crippen LogP contribution >= 0.6 is 0 Å². The molecule has 2 heterocycles. The van der Waals surface area contributed by atoms with Crippen molar-refractivity contribution in [3.8, 4) is 22.8 Å². The molecule has 2 N–H and O–H groups in total. The van der Waals surface area contributed by atoms with Crippen LogP contribution in [0.1, 0.15) is 29.5 Å². The van der Waals surface area contributed by atoms with Gasteiger partial charge in [-0.25, -0.2) is 8.78 Å². The summed E-state index contributed by atoms with van der Waals surface area (Å²) in [5.41, 5.74) is 0.779. The van der Waals surface area contributed by atoms with Gasteiger partial charge in [0.1, 0.15) is 0 Å². The van der Waals surface area contributed by atoms with Crippen molar-refractivity contribution in [3.63, 3.8) is 0 Å². The van der Waals surface area contributed by atoms with Crippen LogP contribution in [0, 0.1) is 17.0 Å². The van der Waals surface area contributed by atoms with Gasteiger partial charge in [0.25, 0.3) is 5.89 Å². The van der Waals surface area contributed by atoms with Gasteiger partial charge in [0.15, 0.2) is 17.0 Å². The minimum atomic E-state index is -1.73. The zero-order valence-electron chi connectivity index (χ0n) is 20.8. The topological polar surface area (TPSA) is 117 Å². The summed E-state index contributed by atoms with van der Waals surface area (Å²) >= 11 is 0. The Morgan fingerprint density at radius 2 is 1.54 bits per heavy atom. The van der Waals surface area contributed by atoms with E-state index < -0.39 is 29.0 Å². The maximum Gasteiger partial charge on any atom is 0.321 e. The van der Waals surface area contributed by atoms with Crippen LogP contribution in [0.15, 0.2) is 71.3 Å². The Hall–Kier alpha value is -4.44. The van der Waals surface area contributed by atoms with Crippen LogP contribution in [0.2, 0.25) is 0 Å². The van der Waals surface area contributed by atoms with E-state index in [1.165, 1.54) is 12.1 Å². The van der Waals surface area contributed by atoms with Gasteiger partial charge in [-0.05, 0) is 35.6 Å². The van der Waals surface area contributed by atoms with E-state index in [-0.39, 0.29) is 42.1 Å². The van der Waals surface area contributed by atoms with Crippen molar-refractivity contribution in [1.29, 1.82) is 0 Å². The number of piperidine rings is 1. The van der Waals surface area contributed by atoms with Gasteiger partial charge in [-0.2, -0.15) is 4.98 Å². The Kier molecular flexibility index (Phi) is 7.21. The molecule has 39 heavy (non-hydrogen) atoms. The molecule has 0 unspecified atom stereocenters. The highest BCUT2D eigenvalue weighted by Crippen LogP contribution is 2.33. The first-order chi connectivity index (χ1) is 18.8. The smallest absolute Gasteiger partial charge is 0.321 e. The molecular formula is C29H25F2N3O5. The molecule has 0 saturated carbocycles. The maximum absolute atomic E-state index is 14.9. The monoisotopic (exact) mass is 533 g/mol. The standard InChI is InChI=1S/C29H25F2N3O5/c30-23-21(16-18-4-2-1-3-5-18)10-11-22(24(23)31)26-32-25(33-39-26)20-8-6-19(7-9-20)17-34-14-12-29(13-15-34,27(35)36)28(37)38/h1-11H,12-17H2,(H,35,36)(H,37,38). The van der Waals surface area contributed by atoms with E-state index in [0.717, 1.165) is 11.1 Å². The number of hydrogen-bond acceptors (Lipinski definition) is 6. The largest absolute Gasteiger partial charge is 0.480 e. The second-order valence-electron chi connectivity index (χ2n) is 9.65. The van der Waals surface area contributed by atoms with E-state index in [0.29, 0.717) is 25.2 Å². The number of halogens is 2. The van der Waals surface area contributed by atoms with Gasteiger partial charge in [0, 0.05) is 31.6 Å². The van der Waals surface area contributed by atoms with E-state index >= 15 is 0 Å². The molecule has 8 nitrogen and oxygen atoms in total. The molecule has 1 aromatic heterocycles. The molecule has 0 aliphatic carbocycles. The molecule has 1 fully saturated rings. The van der Waals surface area contributed by atoms with E-state index in [1.807, 2.05) is 47.4 Å². The minimum Gasteiger partial charge on any atom is -0.480 e. The SMILES string of the molecule is O=C(O)C1(C(=O)O)CCN(Cc2ccc(-c3noc(-c4ccc(Cc5ccccc5)c(F)c4F)n3)cc2)CC1. The summed E-state index contributed by atoms with van der Waals surface area (Å²) in [6, 6.07) is 19.4. The summed E-state index contributed by atoms with van der Waals surface area (Å²) in [5.74, 6) is -4.53. The van der Waals surface area contributed by atoms with Crippen molar-refractivity contribution in [1.82, 2.24) is 15.0 Å². The summed E-state index contributed by atoms with van der Waals surface area (Å²) in [7, 11) is 0. The van der Waals surface area contributed by atoms with Crippen LogP contribution < -0.4 is 0 Å². The molecule has 1 aliphatic heterocycles. The Balaban J connectivity index is 1.25. The number of carboxylic acids is 2. The van der Waals surface area contributed by atoms with Gasteiger partial charge in [0.2, 0.25) is 5.82 Å². The summed E-state index contributed by atoms with van der Waals surface area (Å²) in [6.45, 7) is 1.22. The molecule has 10 heteroatoms. The third kappa shape index (κ3) is 5.28. The quantitative estimate of drug-likeness (QED) is 0.303. The highest BCUT2D eigenvalue weighted by atomic mass is 19.2. The fourth-order valence-electron chi connectivity index (χ4n) is 4.79. The number of carboxylic acid groups (broad SMARTS) is 2. The third-order valence-electron chi connectivity index (χ3n) is 7.20. The normalized spacial score (nSPS) is 15.2. The first-order valence-electron chi connectivity index (χ1n) is 12.4. The van der Waals surface area contributed by atoms with E-state index in [2.05, 4.69) is 10.1 Å². The Labute approximate surface area is 222 Å². The van der Waals surface area contributed by atoms with Crippen molar-refractivity contribution < 1.29 is 33.1 Å². The molecule has 0 bridgehead atoms. The van der Waals surface area contributed by atoms with Crippen LogP contribution in [-0.4, -0.2) is 50.3 Å². The summed E-state index contributed by atoms with van der Waals surface area (Å²) < 4.78 is 34.9. The molecular weight excluding hydrogens is 508 g/mol. The first kappa shape index (κ1) is 26.2. The van der Waals surface area contributed by atoms with Crippen LogP contribution in [0.25, 0.3) is 22.8 Å². The second kappa shape index (κ2) is 10.7. The maximum atomic E-state index is 14.9. The van der Waals surface area contributed by atoms with Crippen molar-refractivity contribution in [2.24, 2.45) is 5.41 Å². The molecule has 5 rings (SSSR count). The summed E-state index contributed by atoms with van der Waals surface area (Å²) in [5, 5.41) is 22.7. The van der Waals surface area contributed by atoms with Crippen LogP contribution in [-0.2, 0) is 22.6 Å². The van der Waals surface area contributed by atoms with Crippen LogP contribution in [0.5, 0.6) is 0 Å². The van der Waals surface area contributed by atoms with Gasteiger partial charge in [-0.15, -0.1) is 0 Å². The number of aliphatic carboxylic acids is 2. The van der Waals surface area contributed by atoms with Crippen molar-refractivity contribution in [3.05, 3.63) is 95.1 Å². The third-order valence-corrected chi connectivity index (χ3v) is 7.20. The molecule has 0 radical (unpaired) electrons. The molecule has 1 aliphatic rings. The predicted molar refractivity (Wildman–Crippen MR) is 137 cm³/mol. The lowest BCUT2D eigenvalue weighted by Crippen LogP contribution is -2.48. The number of rotatable bonds is 8. The summed E-state index contributed by atoms with van der Waals surface area (Å²) in [6.07, 6.45) is 0.320. The van der Waals surface area contributed by atoms with E-state index in [1.54, 1.807) is 12.1 Å². The molecule has 0 spiro atoms. The zero-order chi connectivity index (χ0) is 27.6. The lowest BCUT2D eigenvalue weighted by Gasteiger charge is -2.36. The molecule has 0 atom stereocenters. The van der Waals surface area contributed by atoms with Crippen LogP contribution in [0.4, 0.5) is 8.78 Å². The van der Waals surface area contributed by atoms with Crippen molar-refractivity contribution in [2.75, 3.05) is 13.1 Å². The van der Waals surface area contributed by atoms with Gasteiger partial charge in [-0.1, -0.05) is 65.8 Å². The first-order valence-corrected chi connectivity index (χ1v) is 12.4. The number of carbonyl (C=O) groups is 2. The molecule has 1 saturated heterocycles. The van der Waals surface area contributed by atoms with Gasteiger partial charge >= 0.3 is 11.9 Å². The Morgan fingerprint density at radius 3 is 2.18 bits per heavy atom. The summed E-state index contributed by atoms with van der Waals surface area (Å²) in [4.78, 5) is 29.3. The number of nitrogens with zero attached hydrogens (tertiary/aromatic N) is 3. The fraction of sp³-hybridized carbons (Fsp3) is 0.241. The average molecular weight is 534 g/mol. The van der Waals surface area contributed by atoms with Gasteiger partial charge < -0.3 is 14.7 Å². The van der Waals surface area contributed by atoms with Crippen molar-refractivity contribution in [2.45, 2.75) is 25.8 Å². The van der Waals surface area contributed by atoms with E-state index in [9.17, 15) is 28.6 Å². The van der Waals surface area contributed by atoms with Crippen LogP contribution in [0.3, 0.4) is 0 Å². The number of hydrogen-bond donors (Lipinski definition) is 2. The number of aromatic nitrogens is 2. The highest BCUT2D eigenvalue weighted by Gasteiger charge is 2.48. The predicted octanol–water partition coefficient (Wildman–Crippen LogP) is 5.02. The Bertz CT molecular complexity index is 1480. The van der Waals surface area contributed by atoms with Gasteiger partial charge in [-0.3, -0.25) is 14.5 Å². The van der Waals surface area contributed by atoms with Gasteiger partial charge in [0.05, 0.1) is 5.56 Å². The van der Waals surface area contributed by atoms with Crippen molar-refractivity contribution >= 4 is 11.9 Å². The molecule has 4 aromatic rings. The lowest BCUT2D eigenvalue weighted by molar-refractivity contribution is -0.168. The highest BCUT2D eigenvalue weighted by molar-refractivity contribution is 5.98. The minimum absolute atomic E-state index is 0.0335. The fourth-order valence-corrected chi connectivity index (χ4v) is 4.79. The molecule has 200 valence electrons. The second-order valence-corrected chi connectivity index (χ2v) is 9.65. The molecule has 0 amide bonds. The lowest BCUT2D eigenvalue weighted by atomic mass is 9.78. The number of likely N-dealkylation sites (tertiary alicyclic amines) is 1. The number of benzene rings is 3. The zero-order valence-corrected chi connectivity index (χ0v) is 20.8. The average Bonchev–Trinajstić information content (AvgIpc) is 3.43. The molecule has 3 aromatic carbocycles. The Morgan fingerprint density at radius 1 is 0.872 bits per heavy atom.